The van der Waals surface area contributed by atoms with Gasteiger partial charge in [0.15, 0.2) is 6.29 Å². The van der Waals surface area contributed by atoms with E-state index in [-0.39, 0.29) is 11.4 Å². The maximum Gasteiger partial charge on any atom is 0.461 e. The van der Waals surface area contributed by atoms with Crippen LogP contribution >= 0.6 is 0 Å². The summed E-state index contributed by atoms with van der Waals surface area (Å²) in [6.07, 6.45) is 1.41. The monoisotopic (exact) mass is 154 g/mol. The van der Waals surface area contributed by atoms with Gasteiger partial charge in [-0.3, -0.25) is 4.79 Å². The molecule has 0 amide bonds. The van der Waals surface area contributed by atoms with Crippen LogP contribution in [0, 0.1) is 5.82 Å². The summed E-state index contributed by atoms with van der Waals surface area (Å²) in [6, 6.07) is 1.03. The molecular formula is C7H5FNO2+. The number of hydrogen-bond donors (Lipinski definition) is 0. The molecule has 56 valence electrons. The largest absolute Gasteiger partial charge is 0.461 e. The lowest BCUT2D eigenvalue weighted by atomic mass is 10.3. The van der Waals surface area contributed by atoms with Gasteiger partial charge in [0.25, 0.3) is 6.79 Å². The highest BCUT2D eigenvalue weighted by Crippen LogP contribution is 2.12. The first-order valence-electron chi connectivity index (χ1n) is 2.80. The molecule has 0 saturated heterocycles. The number of aldehydes is 1. The van der Waals surface area contributed by atoms with Crippen LogP contribution in [0.2, 0.25) is 0 Å². The third-order valence-corrected chi connectivity index (χ3v) is 1.11. The second kappa shape index (κ2) is 3.01. The molecule has 0 aromatic carbocycles. The highest BCUT2D eigenvalue weighted by atomic mass is 19.1. The second-order valence-electron chi connectivity index (χ2n) is 1.81. The maximum atomic E-state index is 12.4. The minimum absolute atomic E-state index is 0.0291. The van der Waals surface area contributed by atoms with Crippen LogP contribution in [0.1, 0.15) is 10.4 Å². The summed E-state index contributed by atoms with van der Waals surface area (Å²) < 4.78 is 16.8. The van der Waals surface area contributed by atoms with Gasteiger partial charge in [0, 0.05) is 0 Å². The van der Waals surface area contributed by atoms with E-state index in [1.165, 1.54) is 0 Å². The van der Waals surface area contributed by atoms with Gasteiger partial charge in [0.2, 0.25) is 0 Å². The van der Waals surface area contributed by atoms with E-state index in [4.69, 9.17) is 0 Å². The summed E-state index contributed by atoms with van der Waals surface area (Å²) in [7, 11) is 0. The standard InChI is InChI=1S/C7H5FNO2/c1-11-7-5(4-10)2-6(8)3-9-7/h2-4H,1H2/q+1. The Bertz CT molecular complexity index is 298. The van der Waals surface area contributed by atoms with Crippen LogP contribution in [0.25, 0.3) is 0 Å². The fraction of sp³-hybridized carbons (Fsp3) is 0. The molecular weight excluding hydrogens is 149 g/mol. The van der Waals surface area contributed by atoms with Crippen molar-refractivity contribution in [3.63, 3.8) is 0 Å². The molecule has 4 heteroatoms. The Kier molecular flexibility index (Phi) is 2.06. The van der Waals surface area contributed by atoms with Gasteiger partial charge >= 0.3 is 5.88 Å². The number of nitrogens with zero attached hydrogens (tertiary/aromatic N) is 1. The van der Waals surface area contributed by atoms with Crippen molar-refractivity contribution in [2.45, 2.75) is 0 Å². The van der Waals surface area contributed by atoms with E-state index in [9.17, 15) is 9.18 Å². The summed E-state index contributed by atoms with van der Waals surface area (Å²) in [6.45, 7) is 3.05. The molecule has 0 aliphatic heterocycles. The minimum Gasteiger partial charge on any atom is -0.297 e. The lowest BCUT2D eigenvalue weighted by Gasteiger charge is -1.86. The van der Waals surface area contributed by atoms with Gasteiger partial charge in [-0.25, -0.2) is 8.82 Å². The first-order valence-corrected chi connectivity index (χ1v) is 2.80. The van der Waals surface area contributed by atoms with Gasteiger partial charge in [-0.1, -0.05) is 0 Å². The first-order chi connectivity index (χ1) is 5.27. The fourth-order valence-corrected chi connectivity index (χ4v) is 0.647. The molecule has 1 heterocycles. The Labute approximate surface area is 62.2 Å². The van der Waals surface area contributed by atoms with E-state index < -0.39 is 5.82 Å². The van der Waals surface area contributed by atoms with Gasteiger partial charge in [-0.05, 0) is 6.07 Å². The van der Waals surface area contributed by atoms with Gasteiger partial charge in [-0.15, -0.1) is 0 Å². The van der Waals surface area contributed by atoms with Crippen LogP contribution in [0.3, 0.4) is 0 Å². The van der Waals surface area contributed by atoms with Crippen molar-refractivity contribution < 1.29 is 13.6 Å². The van der Waals surface area contributed by atoms with Crippen LogP contribution < -0.4 is 0 Å². The Hall–Kier alpha value is -1.58. The smallest absolute Gasteiger partial charge is 0.297 e. The number of hydrogen-bond acceptors (Lipinski definition) is 2. The van der Waals surface area contributed by atoms with Crippen molar-refractivity contribution in [1.29, 1.82) is 0 Å². The second-order valence-corrected chi connectivity index (χ2v) is 1.81. The van der Waals surface area contributed by atoms with Crippen molar-refractivity contribution >= 4 is 13.1 Å². The van der Waals surface area contributed by atoms with Crippen molar-refractivity contribution in [2.75, 3.05) is 0 Å². The molecule has 0 N–H and O–H groups in total. The quantitative estimate of drug-likeness (QED) is 0.473. The van der Waals surface area contributed by atoms with Gasteiger partial charge in [-0.2, -0.15) is 4.98 Å². The molecule has 0 saturated carbocycles. The van der Waals surface area contributed by atoms with E-state index in [2.05, 4.69) is 16.2 Å². The zero-order valence-electron chi connectivity index (χ0n) is 5.58. The molecule has 3 nitrogen and oxygen atoms in total. The van der Waals surface area contributed by atoms with Gasteiger partial charge < -0.3 is 0 Å². The summed E-state index contributed by atoms with van der Waals surface area (Å²) in [5.41, 5.74) is 0.0556. The Balaban J connectivity index is 3.26. The molecule has 1 aromatic rings. The molecule has 0 aliphatic rings. The normalized spacial score (nSPS) is 9.18. The fourth-order valence-electron chi connectivity index (χ4n) is 0.647. The van der Waals surface area contributed by atoms with Gasteiger partial charge in [0.1, 0.15) is 11.4 Å². The number of halogens is 1. The molecule has 0 atom stereocenters. The zero-order chi connectivity index (χ0) is 8.27. The SMILES string of the molecule is C=[O+]c1ncc(F)cc1C=O. The number of aromatic nitrogens is 1. The molecule has 0 unspecified atom stereocenters. The highest BCUT2D eigenvalue weighted by molar-refractivity contribution is 5.77. The van der Waals surface area contributed by atoms with E-state index in [0.717, 1.165) is 12.3 Å². The van der Waals surface area contributed by atoms with Crippen molar-refractivity contribution in [1.82, 2.24) is 4.98 Å². The van der Waals surface area contributed by atoms with E-state index in [0.29, 0.717) is 6.29 Å². The molecule has 1 rings (SSSR count). The summed E-state index contributed by atoms with van der Waals surface area (Å²) in [5, 5.41) is 0. The van der Waals surface area contributed by atoms with E-state index in [1.807, 2.05) is 0 Å². The Morgan fingerprint density at radius 3 is 3.00 bits per heavy atom. The van der Waals surface area contributed by atoms with Crippen molar-refractivity contribution in [3.05, 3.63) is 23.6 Å². The maximum absolute atomic E-state index is 12.4. The lowest BCUT2D eigenvalue weighted by Crippen LogP contribution is -1.87. The Morgan fingerprint density at radius 1 is 1.73 bits per heavy atom. The molecule has 0 bridgehead atoms. The Morgan fingerprint density at radius 2 is 2.45 bits per heavy atom. The highest BCUT2D eigenvalue weighted by Gasteiger charge is 2.11. The van der Waals surface area contributed by atoms with Crippen LogP contribution in [0.4, 0.5) is 4.39 Å². The van der Waals surface area contributed by atoms with Gasteiger partial charge in [0.05, 0.1) is 6.20 Å². The van der Waals surface area contributed by atoms with E-state index in [1.54, 1.807) is 0 Å². The summed E-state index contributed by atoms with van der Waals surface area (Å²) in [4.78, 5) is 13.7. The molecule has 0 fully saturated rings. The number of pyridine rings is 1. The van der Waals surface area contributed by atoms with Crippen LogP contribution in [0.5, 0.6) is 5.88 Å². The van der Waals surface area contributed by atoms with Crippen molar-refractivity contribution in [3.8, 4) is 5.88 Å². The summed E-state index contributed by atoms with van der Waals surface area (Å²) in [5.74, 6) is -0.547. The predicted octanol–water partition coefficient (Wildman–Crippen LogP) is 1.11. The molecule has 0 aliphatic carbocycles. The van der Waals surface area contributed by atoms with Crippen LogP contribution in [-0.2, 0) is 4.42 Å². The summed E-state index contributed by atoms with van der Waals surface area (Å²) >= 11 is 0. The van der Waals surface area contributed by atoms with Crippen LogP contribution in [0.15, 0.2) is 12.3 Å². The predicted molar refractivity (Wildman–Crippen MR) is 36.1 cm³/mol. The first kappa shape index (κ1) is 7.53. The molecule has 0 radical (unpaired) electrons. The van der Waals surface area contributed by atoms with Crippen molar-refractivity contribution in [2.24, 2.45) is 0 Å². The number of carbonyl (C=O) groups is 1. The molecule has 1 aromatic heterocycles. The average molecular weight is 154 g/mol. The zero-order valence-corrected chi connectivity index (χ0v) is 5.58. The number of carbonyl (C=O) groups excluding carboxylic acids is 2. The minimum atomic E-state index is -0.576. The lowest BCUT2D eigenvalue weighted by molar-refractivity contribution is -0.360. The van der Waals surface area contributed by atoms with Crippen LogP contribution in [-0.4, -0.2) is 18.1 Å². The van der Waals surface area contributed by atoms with E-state index >= 15 is 0 Å². The topological polar surface area (TPSA) is 41.3 Å². The molecule has 11 heavy (non-hydrogen) atoms. The third kappa shape index (κ3) is 1.46. The average Bonchev–Trinajstić information content (AvgIpc) is 2.04. The molecule has 0 spiro atoms. The number of rotatable bonds is 2. The third-order valence-electron chi connectivity index (χ3n) is 1.11.